The molecule has 2 N–H and O–H groups in total. The van der Waals surface area contributed by atoms with Crippen LogP contribution in [0, 0.1) is 12.7 Å². The molecule has 0 radical (unpaired) electrons. The van der Waals surface area contributed by atoms with E-state index in [1.165, 1.54) is 19.2 Å². The average molecular weight is 255 g/mol. The van der Waals surface area contributed by atoms with E-state index in [0.29, 0.717) is 6.42 Å². The molecule has 0 heterocycles. The highest BCUT2D eigenvalue weighted by molar-refractivity contribution is 5.94. The number of halogens is 1. The number of carbonyl (C=O) groups is 1. The van der Waals surface area contributed by atoms with Gasteiger partial charge in [-0.1, -0.05) is 6.07 Å². The van der Waals surface area contributed by atoms with Gasteiger partial charge in [0.15, 0.2) is 0 Å². The summed E-state index contributed by atoms with van der Waals surface area (Å²) in [6.07, 6.45) is 0.368. The molecular weight excluding hydrogens is 237 g/mol. The van der Waals surface area contributed by atoms with Crippen molar-refractivity contribution in [3.05, 3.63) is 35.1 Å². The summed E-state index contributed by atoms with van der Waals surface area (Å²) in [5, 5.41) is 11.5. The zero-order valence-corrected chi connectivity index (χ0v) is 10.6. The second-order valence-electron chi connectivity index (χ2n) is 4.12. The summed E-state index contributed by atoms with van der Waals surface area (Å²) in [4.78, 5) is 11.8. The predicted octanol–water partition coefficient (Wildman–Crippen LogP) is 1.26. The van der Waals surface area contributed by atoms with Gasteiger partial charge in [-0.15, -0.1) is 0 Å². The van der Waals surface area contributed by atoms with Gasteiger partial charge in [-0.25, -0.2) is 4.39 Å². The Balaban J connectivity index is 2.73. The van der Waals surface area contributed by atoms with E-state index in [-0.39, 0.29) is 24.8 Å². The van der Waals surface area contributed by atoms with Gasteiger partial charge < -0.3 is 15.2 Å². The molecule has 1 aromatic carbocycles. The summed E-state index contributed by atoms with van der Waals surface area (Å²) in [6, 6.07) is 4.11. The molecule has 0 aliphatic rings. The van der Waals surface area contributed by atoms with Crippen LogP contribution in [0.4, 0.5) is 4.39 Å². The number of amides is 1. The van der Waals surface area contributed by atoms with Crippen molar-refractivity contribution in [2.45, 2.75) is 19.4 Å². The number of methoxy groups -OCH3 is 1. The molecule has 0 aromatic heterocycles. The van der Waals surface area contributed by atoms with Crippen LogP contribution in [0.25, 0.3) is 0 Å². The van der Waals surface area contributed by atoms with Crippen molar-refractivity contribution in [1.29, 1.82) is 0 Å². The summed E-state index contributed by atoms with van der Waals surface area (Å²) < 4.78 is 18.5. The van der Waals surface area contributed by atoms with Gasteiger partial charge in [0.1, 0.15) is 5.82 Å². The van der Waals surface area contributed by atoms with Crippen LogP contribution >= 0.6 is 0 Å². The maximum Gasteiger partial charge on any atom is 0.254 e. The van der Waals surface area contributed by atoms with E-state index in [4.69, 9.17) is 9.84 Å². The van der Waals surface area contributed by atoms with E-state index in [2.05, 4.69) is 5.32 Å². The maximum absolute atomic E-state index is 13.6. The zero-order valence-electron chi connectivity index (χ0n) is 10.6. The Morgan fingerprint density at radius 3 is 2.83 bits per heavy atom. The van der Waals surface area contributed by atoms with Crippen LogP contribution < -0.4 is 5.32 Å². The lowest BCUT2D eigenvalue weighted by molar-refractivity contribution is 0.0875. The SMILES string of the molecule is COCC(CCO)NC(=O)c1ccc(C)cc1F. The lowest BCUT2D eigenvalue weighted by atomic mass is 10.1. The van der Waals surface area contributed by atoms with Crippen LogP contribution in [0.2, 0.25) is 0 Å². The Bertz CT molecular complexity index is 403. The molecule has 0 aliphatic carbocycles. The Hall–Kier alpha value is -1.46. The minimum absolute atomic E-state index is 0.000331. The maximum atomic E-state index is 13.6. The summed E-state index contributed by atoms with van der Waals surface area (Å²) in [5.74, 6) is -1.05. The standard InChI is InChI=1S/C13H18FNO3/c1-9-3-4-11(12(14)7-9)13(17)15-10(5-6-16)8-18-2/h3-4,7,10,16H,5-6,8H2,1-2H3,(H,15,17). The first-order valence-corrected chi connectivity index (χ1v) is 5.75. The van der Waals surface area contributed by atoms with E-state index < -0.39 is 11.7 Å². The van der Waals surface area contributed by atoms with Gasteiger partial charge in [-0.3, -0.25) is 4.79 Å². The van der Waals surface area contributed by atoms with Crippen molar-refractivity contribution in [3.63, 3.8) is 0 Å². The van der Waals surface area contributed by atoms with Gasteiger partial charge >= 0.3 is 0 Å². The highest BCUT2D eigenvalue weighted by atomic mass is 19.1. The molecule has 0 fully saturated rings. The molecule has 1 amide bonds. The number of aliphatic hydroxyl groups excluding tert-OH is 1. The van der Waals surface area contributed by atoms with E-state index in [0.717, 1.165) is 5.56 Å². The fraction of sp³-hybridized carbons (Fsp3) is 0.462. The largest absolute Gasteiger partial charge is 0.396 e. The molecule has 1 atom stereocenters. The number of hydrogen-bond donors (Lipinski definition) is 2. The van der Waals surface area contributed by atoms with Gasteiger partial charge in [0.25, 0.3) is 5.91 Å². The molecule has 1 unspecified atom stereocenters. The summed E-state index contributed by atoms with van der Waals surface area (Å²) in [7, 11) is 1.50. The van der Waals surface area contributed by atoms with Gasteiger partial charge in [0.2, 0.25) is 0 Å². The first kappa shape index (κ1) is 14.6. The summed E-state index contributed by atoms with van der Waals surface area (Å²) >= 11 is 0. The molecule has 5 heteroatoms. The minimum Gasteiger partial charge on any atom is -0.396 e. The quantitative estimate of drug-likeness (QED) is 0.804. The smallest absolute Gasteiger partial charge is 0.254 e. The second kappa shape index (κ2) is 7.08. The highest BCUT2D eigenvalue weighted by Crippen LogP contribution is 2.10. The highest BCUT2D eigenvalue weighted by Gasteiger charge is 2.16. The molecule has 0 saturated heterocycles. The third-order valence-corrected chi connectivity index (χ3v) is 2.55. The molecule has 0 spiro atoms. The molecule has 18 heavy (non-hydrogen) atoms. The number of ether oxygens (including phenoxy) is 1. The molecule has 1 aromatic rings. The minimum atomic E-state index is -0.548. The number of aliphatic hydroxyl groups is 1. The van der Waals surface area contributed by atoms with E-state index in [1.54, 1.807) is 13.0 Å². The van der Waals surface area contributed by atoms with Gasteiger partial charge in [0, 0.05) is 13.7 Å². The summed E-state index contributed by atoms with van der Waals surface area (Å²) in [5.41, 5.74) is 0.757. The van der Waals surface area contributed by atoms with Crippen LogP contribution in [-0.2, 0) is 4.74 Å². The van der Waals surface area contributed by atoms with Gasteiger partial charge in [-0.2, -0.15) is 0 Å². The van der Waals surface area contributed by atoms with Crippen LogP contribution in [0.15, 0.2) is 18.2 Å². The molecule has 0 bridgehead atoms. The second-order valence-corrected chi connectivity index (χ2v) is 4.12. The molecule has 0 saturated carbocycles. The van der Waals surface area contributed by atoms with E-state index >= 15 is 0 Å². The Morgan fingerprint density at radius 1 is 1.56 bits per heavy atom. The zero-order chi connectivity index (χ0) is 13.5. The van der Waals surface area contributed by atoms with Crippen molar-refractivity contribution >= 4 is 5.91 Å². The first-order valence-electron chi connectivity index (χ1n) is 5.75. The van der Waals surface area contributed by atoms with Crippen molar-refractivity contribution in [2.75, 3.05) is 20.3 Å². The Morgan fingerprint density at radius 2 is 2.28 bits per heavy atom. The monoisotopic (exact) mass is 255 g/mol. The lowest BCUT2D eigenvalue weighted by Crippen LogP contribution is -2.39. The molecule has 4 nitrogen and oxygen atoms in total. The lowest BCUT2D eigenvalue weighted by Gasteiger charge is -2.17. The van der Waals surface area contributed by atoms with E-state index in [9.17, 15) is 9.18 Å². The Labute approximate surface area is 106 Å². The number of rotatable bonds is 6. The summed E-state index contributed by atoms with van der Waals surface area (Å²) in [6.45, 7) is 1.97. The van der Waals surface area contributed by atoms with Crippen LogP contribution in [-0.4, -0.2) is 37.4 Å². The van der Waals surface area contributed by atoms with Gasteiger partial charge in [-0.05, 0) is 31.0 Å². The number of nitrogens with one attached hydrogen (secondary N) is 1. The number of benzene rings is 1. The van der Waals surface area contributed by atoms with Crippen LogP contribution in [0.3, 0.4) is 0 Å². The fourth-order valence-corrected chi connectivity index (χ4v) is 1.62. The number of carbonyl (C=O) groups excluding carboxylic acids is 1. The topological polar surface area (TPSA) is 58.6 Å². The van der Waals surface area contributed by atoms with Crippen LogP contribution in [0.1, 0.15) is 22.3 Å². The third kappa shape index (κ3) is 4.09. The molecule has 0 aliphatic heterocycles. The van der Waals surface area contributed by atoms with Crippen LogP contribution in [0.5, 0.6) is 0 Å². The normalized spacial score (nSPS) is 12.2. The Kier molecular flexibility index (Phi) is 5.74. The average Bonchev–Trinajstić information content (AvgIpc) is 2.29. The van der Waals surface area contributed by atoms with Crippen molar-refractivity contribution in [1.82, 2.24) is 5.32 Å². The molecule has 1 rings (SSSR count). The third-order valence-electron chi connectivity index (χ3n) is 2.55. The first-order chi connectivity index (χ1) is 8.58. The molecular formula is C13H18FNO3. The predicted molar refractivity (Wildman–Crippen MR) is 66.0 cm³/mol. The van der Waals surface area contributed by atoms with Crippen molar-refractivity contribution in [2.24, 2.45) is 0 Å². The van der Waals surface area contributed by atoms with E-state index in [1.807, 2.05) is 0 Å². The number of hydrogen-bond acceptors (Lipinski definition) is 3. The van der Waals surface area contributed by atoms with Crippen molar-refractivity contribution in [3.8, 4) is 0 Å². The molecule has 100 valence electrons. The van der Waals surface area contributed by atoms with Gasteiger partial charge in [0.05, 0.1) is 18.2 Å². The number of aryl methyl sites for hydroxylation is 1. The van der Waals surface area contributed by atoms with Crippen molar-refractivity contribution < 1.29 is 19.0 Å². The fourth-order valence-electron chi connectivity index (χ4n) is 1.62.